The number of carbonyl (C=O) groups is 1. The van der Waals surface area contributed by atoms with Crippen molar-refractivity contribution < 1.29 is 48.3 Å². The third-order valence-electron chi connectivity index (χ3n) is 5.58. The average Bonchev–Trinajstić information content (AvgIpc) is 2.84. The molecule has 0 bridgehead atoms. The van der Waals surface area contributed by atoms with Crippen molar-refractivity contribution in [2.45, 2.75) is 20.3 Å². The molecule has 1 aromatic carbocycles. The standard InChI is InChI=1S/C18H18F2N3O2.C6H5ClNO.Hg/c1-4-10(3)15(18(24)25)14-8-22-13(9-23(14)5-2)16-11(19)6-7-12(21)17(16)20;1-9-6-3-2-5(7)4-8-6;/h5-10,21H,2,4H2,1,3H3,(H,24,25);2,4H,1H3;/q-1;;+1/b15-14+;;. The third-order valence-corrected chi connectivity index (χ3v) is 11.4. The number of nitrogens with one attached hydrogen (secondary N) is 1. The molecular weight excluding hydrogens is 666 g/mol. The molecule has 1 aromatic heterocycles. The van der Waals surface area contributed by atoms with Crippen molar-refractivity contribution >= 4 is 38.2 Å². The molecule has 7 nitrogen and oxygen atoms in total. The Hall–Kier alpha value is -2.78. The molecule has 0 radical (unpaired) electrons. The van der Waals surface area contributed by atoms with Gasteiger partial charge in [-0.25, -0.2) is 0 Å². The summed E-state index contributed by atoms with van der Waals surface area (Å²) in [6.45, 7) is 7.37. The summed E-state index contributed by atoms with van der Waals surface area (Å²) in [4.78, 5) is 21.6. The van der Waals surface area contributed by atoms with Crippen LogP contribution < -0.4 is 10.9 Å². The number of ether oxygens (including phenoxy) is 1. The van der Waals surface area contributed by atoms with E-state index >= 15 is 4.39 Å². The molecule has 0 aliphatic carbocycles. The predicted molar refractivity (Wildman–Crippen MR) is 128 cm³/mol. The predicted octanol–water partition coefficient (Wildman–Crippen LogP) is 4.97. The number of allylic oxidation sites excluding steroid dienone is 1. The van der Waals surface area contributed by atoms with Crippen molar-refractivity contribution in [1.29, 1.82) is 0 Å². The third kappa shape index (κ3) is 5.90. The quantitative estimate of drug-likeness (QED) is 0.286. The van der Waals surface area contributed by atoms with E-state index in [1.165, 1.54) is 42.9 Å². The number of carboxylic acid groups (broad SMARTS) is 1. The maximum absolute atomic E-state index is 15.5. The molecule has 2 heterocycles. The van der Waals surface area contributed by atoms with Crippen molar-refractivity contribution in [2.24, 2.45) is 10.9 Å². The number of carboxylic acids is 1. The Balaban J connectivity index is 1.98. The summed E-state index contributed by atoms with van der Waals surface area (Å²) in [5.74, 6) is -2.54. The van der Waals surface area contributed by atoms with Crippen LogP contribution in [0.25, 0.3) is 5.70 Å². The number of hydrogen-bond donors (Lipinski definition) is 2. The molecule has 1 atom stereocenters. The molecule has 1 aliphatic rings. The molecule has 11 heteroatoms. The summed E-state index contributed by atoms with van der Waals surface area (Å²) in [7, 11) is 1.49. The van der Waals surface area contributed by atoms with Crippen molar-refractivity contribution in [3.05, 3.63) is 76.9 Å². The number of pyridine rings is 1. The van der Waals surface area contributed by atoms with Crippen molar-refractivity contribution in [2.75, 3.05) is 10.2 Å². The van der Waals surface area contributed by atoms with E-state index in [-0.39, 0.29) is 34.1 Å². The number of rotatable bonds is 9. The van der Waals surface area contributed by atoms with Crippen molar-refractivity contribution in [3.8, 4) is 5.88 Å². The van der Waals surface area contributed by atoms with E-state index in [0.29, 0.717) is 17.3 Å². The Bertz CT molecular complexity index is 1250. The summed E-state index contributed by atoms with van der Waals surface area (Å²) < 4.78 is 39.4. The van der Waals surface area contributed by atoms with Crippen LogP contribution in [0.1, 0.15) is 25.8 Å². The number of nitrogens with zero attached hydrogens (tertiary/aromatic N) is 3. The second-order valence-electron chi connectivity index (χ2n) is 7.74. The molecule has 0 fully saturated rings. The van der Waals surface area contributed by atoms with Gasteiger partial charge in [-0.3, -0.25) is 0 Å². The van der Waals surface area contributed by atoms with Crippen LogP contribution in [0.2, 0.25) is 5.02 Å². The summed E-state index contributed by atoms with van der Waals surface area (Å²) in [5, 5.41) is 10.2. The van der Waals surface area contributed by atoms with Crippen LogP contribution in [0.3, 0.4) is 0 Å². The van der Waals surface area contributed by atoms with E-state index < -0.39 is 42.5 Å². The number of hydrogen-bond acceptors (Lipinski definition) is 6. The van der Waals surface area contributed by atoms with Gasteiger partial charge in [0, 0.05) is 0 Å². The minimum atomic E-state index is -2.22. The molecule has 0 spiro atoms. The number of aliphatic carboxylic acids is 1. The van der Waals surface area contributed by atoms with Crippen LogP contribution in [0.4, 0.5) is 14.5 Å². The number of halogens is 3. The molecule has 0 amide bonds. The molecule has 2 N–H and O–H groups in total. The SMILES string of the molecule is C=CN1C=C(c2c(F)ccc([NH][Hg][c]3cc(Cl)cnc3OC)c2F)N=C/C1=C(\C(=O)O)C(C)CC. The van der Waals surface area contributed by atoms with Gasteiger partial charge in [0.05, 0.1) is 0 Å². The van der Waals surface area contributed by atoms with Crippen LogP contribution in [-0.4, -0.2) is 34.3 Å². The second-order valence-corrected chi connectivity index (χ2v) is 13.9. The summed E-state index contributed by atoms with van der Waals surface area (Å²) >= 11 is 3.81. The molecule has 0 saturated heterocycles. The summed E-state index contributed by atoms with van der Waals surface area (Å²) in [5.41, 5.74) is 0.222. The van der Waals surface area contributed by atoms with Crippen LogP contribution >= 0.6 is 11.6 Å². The molecule has 0 saturated carbocycles. The minimum absolute atomic E-state index is 0.000130. The van der Waals surface area contributed by atoms with E-state index in [0.717, 1.165) is 9.14 Å². The first-order valence-corrected chi connectivity index (χ1v) is 16.6. The maximum atomic E-state index is 15.5. The molecule has 180 valence electrons. The van der Waals surface area contributed by atoms with Crippen LogP contribution in [0.15, 0.2) is 59.6 Å². The Morgan fingerprint density at radius 3 is 2.80 bits per heavy atom. The zero-order valence-corrected chi connectivity index (χ0v) is 25.7. The van der Waals surface area contributed by atoms with E-state index in [1.54, 1.807) is 13.0 Å². The number of aromatic nitrogens is 1. The first-order valence-electron chi connectivity index (χ1n) is 10.8. The van der Waals surface area contributed by atoms with Gasteiger partial charge >= 0.3 is 221 Å². The van der Waals surface area contributed by atoms with Gasteiger partial charge < -0.3 is 0 Å². The number of methoxy groups -OCH3 is 1. The first kappa shape index (κ1) is 26.8. The Morgan fingerprint density at radius 1 is 1.43 bits per heavy atom. The summed E-state index contributed by atoms with van der Waals surface area (Å²) in [6, 6.07) is 4.21. The van der Waals surface area contributed by atoms with Gasteiger partial charge in [0.2, 0.25) is 0 Å². The summed E-state index contributed by atoms with van der Waals surface area (Å²) in [6.07, 6.45) is 6.10. The van der Waals surface area contributed by atoms with Crippen LogP contribution in [0.5, 0.6) is 5.88 Å². The first-order chi connectivity index (χ1) is 16.7. The second kappa shape index (κ2) is 11.8. The molecule has 1 aliphatic heterocycles. The van der Waals surface area contributed by atoms with E-state index in [2.05, 4.69) is 19.6 Å². The average molecular weight is 690 g/mol. The van der Waals surface area contributed by atoms with Gasteiger partial charge in [-0.05, 0) is 0 Å². The van der Waals surface area contributed by atoms with Gasteiger partial charge in [0.15, 0.2) is 0 Å². The van der Waals surface area contributed by atoms with Gasteiger partial charge in [0.25, 0.3) is 0 Å². The number of aliphatic imine (C=N–C) groups is 1. The molecule has 1 unspecified atom stereocenters. The molecule has 3 rings (SSSR count). The van der Waals surface area contributed by atoms with Gasteiger partial charge in [-0.15, -0.1) is 0 Å². The van der Waals surface area contributed by atoms with Crippen LogP contribution in [0, 0.1) is 17.6 Å². The van der Waals surface area contributed by atoms with Crippen LogP contribution in [-0.2, 0) is 29.7 Å². The number of anilines is 1. The van der Waals surface area contributed by atoms with Crippen molar-refractivity contribution in [1.82, 2.24) is 9.88 Å². The Labute approximate surface area is 219 Å². The zero-order valence-electron chi connectivity index (χ0n) is 19.5. The topological polar surface area (TPSA) is 87.0 Å². The molecule has 2 aromatic rings. The van der Waals surface area contributed by atoms with E-state index in [4.69, 9.17) is 16.3 Å². The molecular formula is C24H23ClF2HgN4O3. The fourth-order valence-electron chi connectivity index (χ4n) is 3.59. The van der Waals surface area contributed by atoms with Gasteiger partial charge in [0.1, 0.15) is 0 Å². The van der Waals surface area contributed by atoms with E-state index in [9.17, 15) is 14.3 Å². The monoisotopic (exact) mass is 690 g/mol. The van der Waals surface area contributed by atoms with Crippen molar-refractivity contribution in [3.63, 3.8) is 0 Å². The Kier molecular flexibility index (Phi) is 9.01. The van der Waals surface area contributed by atoms with E-state index in [1.807, 2.05) is 6.92 Å². The molecule has 35 heavy (non-hydrogen) atoms. The normalized spacial score (nSPS) is 15.1. The fourth-order valence-corrected chi connectivity index (χ4v) is 9.57. The number of benzene rings is 1. The zero-order chi connectivity index (χ0) is 25.7. The Morgan fingerprint density at radius 2 is 2.17 bits per heavy atom. The fraction of sp³-hybridized carbons (Fsp3) is 0.208. The van der Waals surface area contributed by atoms with Gasteiger partial charge in [-0.1, -0.05) is 0 Å². The van der Waals surface area contributed by atoms with Gasteiger partial charge in [-0.2, -0.15) is 0 Å².